The summed E-state index contributed by atoms with van der Waals surface area (Å²) in [7, 11) is 0.918. The van der Waals surface area contributed by atoms with Gasteiger partial charge in [-0.05, 0) is 11.3 Å². The van der Waals surface area contributed by atoms with Gasteiger partial charge in [0.2, 0.25) is 0 Å². The molecule has 0 unspecified atom stereocenters. The quantitative estimate of drug-likeness (QED) is 0.641. The number of fused-ring (bicyclic) bond motifs is 1. The van der Waals surface area contributed by atoms with Crippen LogP contribution in [-0.2, 0) is 5.41 Å². The zero-order valence-corrected chi connectivity index (χ0v) is 14.0. The van der Waals surface area contributed by atoms with Crippen molar-refractivity contribution in [2.24, 2.45) is 0 Å². The van der Waals surface area contributed by atoms with Crippen molar-refractivity contribution in [3.63, 3.8) is 0 Å². The van der Waals surface area contributed by atoms with E-state index < -0.39 is 8.80 Å². The molecule has 0 bridgehead atoms. The molecule has 0 aliphatic rings. The molecular weight excluding hydrogens is 268 g/mol. The molecule has 1 aromatic heterocycles. The second-order valence-corrected chi connectivity index (χ2v) is 8.80. The van der Waals surface area contributed by atoms with Crippen LogP contribution in [0.25, 0.3) is 11.0 Å². The van der Waals surface area contributed by atoms with Crippen LogP contribution >= 0.6 is 0 Å². The van der Waals surface area contributed by atoms with Crippen molar-refractivity contribution >= 4 is 31.2 Å². The molecule has 1 radical (unpaired) electrons. The van der Waals surface area contributed by atoms with Crippen molar-refractivity contribution in [2.75, 3.05) is 7.11 Å². The summed E-state index contributed by atoms with van der Waals surface area (Å²) in [5.41, 5.74) is 1.24. The highest BCUT2D eigenvalue weighted by molar-refractivity contribution is 6.73. The van der Waals surface area contributed by atoms with Crippen LogP contribution in [-0.4, -0.2) is 22.2 Å². The van der Waals surface area contributed by atoms with Gasteiger partial charge in [-0.25, -0.2) is 0 Å². The van der Waals surface area contributed by atoms with Gasteiger partial charge in [0, 0.05) is 16.9 Å². The average Bonchev–Trinajstić information content (AvgIpc) is 2.75. The van der Waals surface area contributed by atoms with Crippen molar-refractivity contribution in [1.29, 1.82) is 0 Å². The monoisotopic (exact) mass is 289 g/mol. The van der Waals surface area contributed by atoms with Crippen LogP contribution in [0.1, 0.15) is 36.9 Å². The number of furan rings is 1. The van der Waals surface area contributed by atoms with E-state index in [1.165, 1.54) is 5.19 Å². The summed E-state index contributed by atoms with van der Waals surface area (Å²) in [6.45, 7) is 10.6. The van der Waals surface area contributed by atoms with Crippen molar-refractivity contribution in [3.8, 4) is 5.75 Å². The number of carbonyl (C=O) groups excluding carboxylic acids is 1. The SMILES string of the molecule is COc1cc([Si](C)C)c2c(C=O)c(C(C)(C)C)oc2c1. The Morgan fingerprint density at radius 3 is 2.35 bits per heavy atom. The van der Waals surface area contributed by atoms with Crippen LogP contribution in [0.2, 0.25) is 13.1 Å². The lowest BCUT2D eigenvalue weighted by molar-refractivity contribution is 0.112. The van der Waals surface area contributed by atoms with Crippen molar-refractivity contribution in [2.45, 2.75) is 39.3 Å². The van der Waals surface area contributed by atoms with Crippen LogP contribution in [0.5, 0.6) is 5.75 Å². The van der Waals surface area contributed by atoms with Gasteiger partial charge >= 0.3 is 0 Å². The number of benzene rings is 1. The molecule has 3 nitrogen and oxygen atoms in total. The number of rotatable bonds is 3. The maximum atomic E-state index is 11.6. The summed E-state index contributed by atoms with van der Waals surface area (Å²) in [5, 5.41) is 2.15. The lowest BCUT2D eigenvalue weighted by Gasteiger charge is -2.15. The third-order valence-corrected chi connectivity index (χ3v) is 4.85. The Balaban J connectivity index is 2.90. The molecule has 0 atom stereocenters. The van der Waals surface area contributed by atoms with Gasteiger partial charge in [0.15, 0.2) is 6.29 Å². The normalized spacial score (nSPS) is 12.2. The van der Waals surface area contributed by atoms with Gasteiger partial charge < -0.3 is 9.15 Å². The third kappa shape index (κ3) is 2.40. The Kier molecular flexibility index (Phi) is 3.78. The van der Waals surface area contributed by atoms with E-state index in [1.54, 1.807) is 7.11 Å². The molecule has 2 rings (SSSR count). The molecule has 0 aliphatic heterocycles. The van der Waals surface area contributed by atoms with Gasteiger partial charge in [-0.1, -0.05) is 33.9 Å². The zero-order chi connectivity index (χ0) is 15.1. The highest BCUT2D eigenvalue weighted by Gasteiger charge is 2.27. The third-order valence-electron chi connectivity index (χ3n) is 3.38. The van der Waals surface area contributed by atoms with Crippen LogP contribution in [0.15, 0.2) is 16.5 Å². The summed E-state index contributed by atoms with van der Waals surface area (Å²) in [6, 6.07) is 3.90. The second kappa shape index (κ2) is 5.09. The smallest absolute Gasteiger partial charge is 0.154 e. The van der Waals surface area contributed by atoms with Crippen molar-refractivity contribution in [1.82, 2.24) is 0 Å². The molecule has 1 aromatic carbocycles. The number of ether oxygens (including phenoxy) is 1. The summed E-state index contributed by atoms with van der Waals surface area (Å²) in [4.78, 5) is 11.6. The fourth-order valence-corrected chi connectivity index (χ4v) is 3.60. The maximum absolute atomic E-state index is 11.6. The Morgan fingerprint density at radius 1 is 1.25 bits per heavy atom. The highest BCUT2D eigenvalue weighted by atomic mass is 28.3. The molecule has 2 aromatic rings. The average molecular weight is 289 g/mol. The van der Waals surface area contributed by atoms with Crippen LogP contribution in [0.4, 0.5) is 0 Å². The number of aldehydes is 1. The molecule has 0 N–H and O–H groups in total. The number of hydrogen-bond acceptors (Lipinski definition) is 3. The van der Waals surface area contributed by atoms with E-state index in [2.05, 4.69) is 33.9 Å². The fraction of sp³-hybridized carbons (Fsp3) is 0.438. The Morgan fingerprint density at radius 2 is 1.90 bits per heavy atom. The summed E-state index contributed by atoms with van der Waals surface area (Å²) in [5.74, 6) is 1.53. The van der Waals surface area contributed by atoms with Gasteiger partial charge in [0.05, 0.1) is 21.5 Å². The van der Waals surface area contributed by atoms with Crippen LogP contribution in [0.3, 0.4) is 0 Å². The standard InChI is InChI=1S/C16H21O3Si/c1-16(2,3)15-11(9-17)14-12(19-15)7-10(18-4)8-13(14)20(5)6/h7-9H,1-6H3. The van der Waals surface area contributed by atoms with E-state index in [9.17, 15) is 4.79 Å². The van der Waals surface area contributed by atoms with Crippen LogP contribution < -0.4 is 9.92 Å². The molecule has 20 heavy (non-hydrogen) atoms. The topological polar surface area (TPSA) is 39.4 Å². The van der Waals surface area contributed by atoms with Gasteiger partial charge in [0.1, 0.15) is 17.1 Å². The van der Waals surface area contributed by atoms with Crippen molar-refractivity contribution < 1.29 is 13.9 Å². The first-order chi connectivity index (χ1) is 9.29. The Hall–Kier alpha value is -1.55. The van der Waals surface area contributed by atoms with E-state index in [0.29, 0.717) is 5.56 Å². The summed E-state index contributed by atoms with van der Waals surface area (Å²) >= 11 is 0. The molecule has 0 spiro atoms. The molecule has 0 aliphatic carbocycles. The second-order valence-electron chi connectivity index (χ2n) is 6.26. The van der Waals surface area contributed by atoms with Crippen LogP contribution in [0, 0.1) is 0 Å². The minimum absolute atomic E-state index is 0.200. The molecule has 0 saturated heterocycles. The molecule has 1 heterocycles. The Bertz CT molecular complexity index is 648. The molecule has 0 saturated carbocycles. The first-order valence-corrected chi connectivity index (χ1v) is 9.20. The number of carbonyl (C=O) groups is 1. The predicted octanol–water partition coefficient (Wildman–Crippen LogP) is 3.51. The lowest BCUT2D eigenvalue weighted by Crippen LogP contribution is -2.24. The largest absolute Gasteiger partial charge is 0.497 e. The molecule has 107 valence electrons. The Labute approximate surface area is 121 Å². The highest BCUT2D eigenvalue weighted by Crippen LogP contribution is 2.34. The van der Waals surface area contributed by atoms with Crippen molar-refractivity contribution in [3.05, 3.63) is 23.5 Å². The molecule has 4 heteroatoms. The minimum atomic E-state index is -0.732. The van der Waals surface area contributed by atoms with E-state index in [-0.39, 0.29) is 5.41 Å². The first-order valence-electron chi connectivity index (χ1n) is 6.70. The zero-order valence-electron chi connectivity index (χ0n) is 13.0. The predicted molar refractivity (Wildman–Crippen MR) is 84.0 cm³/mol. The molecule has 0 amide bonds. The number of hydrogen-bond donors (Lipinski definition) is 0. The molecular formula is C16H21O3Si. The van der Waals surface area contributed by atoms with Gasteiger partial charge in [-0.3, -0.25) is 4.79 Å². The van der Waals surface area contributed by atoms with E-state index in [0.717, 1.165) is 28.8 Å². The first kappa shape index (κ1) is 14.8. The maximum Gasteiger partial charge on any atom is 0.154 e. The minimum Gasteiger partial charge on any atom is -0.497 e. The summed E-state index contributed by atoms with van der Waals surface area (Å²) < 4.78 is 11.3. The van der Waals surface area contributed by atoms with Gasteiger partial charge in [-0.2, -0.15) is 0 Å². The fourth-order valence-electron chi connectivity index (χ4n) is 2.41. The van der Waals surface area contributed by atoms with E-state index in [4.69, 9.17) is 9.15 Å². The summed E-state index contributed by atoms with van der Waals surface area (Å²) in [6.07, 6.45) is 0.924. The van der Waals surface area contributed by atoms with Gasteiger partial charge in [0.25, 0.3) is 0 Å². The number of methoxy groups -OCH3 is 1. The van der Waals surface area contributed by atoms with E-state index in [1.807, 2.05) is 12.1 Å². The van der Waals surface area contributed by atoms with E-state index >= 15 is 0 Å². The van der Waals surface area contributed by atoms with Gasteiger partial charge in [-0.15, -0.1) is 0 Å². The lowest BCUT2D eigenvalue weighted by atomic mass is 9.90. The molecule has 0 fully saturated rings.